The van der Waals surface area contributed by atoms with Gasteiger partial charge in [-0.3, -0.25) is 0 Å². The molecule has 1 atom stereocenters. The molecule has 0 fully saturated rings. The summed E-state index contributed by atoms with van der Waals surface area (Å²) in [6, 6.07) is -0.393. The van der Waals surface area contributed by atoms with Crippen LogP contribution in [0, 0.1) is 0 Å². The molecular weight excluding hydrogens is 259 g/mol. The second-order valence-corrected chi connectivity index (χ2v) is 4.38. The van der Waals surface area contributed by atoms with E-state index in [9.17, 15) is 13.2 Å². The molecule has 1 aliphatic carbocycles. The van der Waals surface area contributed by atoms with Crippen LogP contribution in [-0.2, 0) is 0 Å². The van der Waals surface area contributed by atoms with Gasteiger partial charge in [-0.05, 0) is 12.8 Å². The highest BCUT2D eigenvalue weighted by Crippen LogP contribution is 2.39. The number of nitrogens with two attached hydrogens (primary N) is 1. The molecule has 2 aromatic heterocycles. The van der Waals surface area contributed by atoms with Crippen LogP contribution in [-0.4, -0.2) is 25.7 Å². The molecule has 0 aromatic carbocycles. The van der Waals surface area contributed by atoms with Crippen molar-refractivity contribution in [3.8, 4) is 0 Å². The molecule has 2 heterocycles. The number of nitrogen functional groups attached to an aromatic ring is 1. The lowest BCUT2D eigenvalue weighted by molar-refractivity contribution is -0.0931. The summed E-state index contributed by atoms with van der Waals surface area (Å²) in [4.78, 5) is 11.9. The molecule has 19 heavy (non-hydrogen) atoms. The molecule has 5 nitrogen and oxygen atoms in total. The Bertz CT molecular complexity index is 658. The van der Waals surface area contributed by atoms with Gasteiger partial charge in [0.1, 0.15) is 11.8 Å². The number of anilines is 1. The van der Waals surface area contributed by atoms with Crippen molar-refractivity contribution in [1.29, 1.82) is 0 Å². The Balaban J connectivity index is 2.03. The molecule has 0 amide bonds. The van der Waals surface area contributed by atoms with E-state index in [2.05, 4.69) is 15.0 Å². The highest BCUT2D eigenvalue weighted by atomic mass is 19.4. The summed E-state index contributed by atoms with van der Waals surface area (Å²) < 4.78 is 39.4. The second-order valence-electron chi connectivity index (χ2n) is 4.38. The van der Waals surface area contributed by atoms with Crippen LogP contribution in [0.1, 0.15) is 18.9 Å². The number of allylic oxidation sites excluding steroid dienone is 2. The number of halogens is 3. The fraction of sp³-hybridized carbons (Fsp3) is 0.364. The van der Waals surface area contributed by atoms with E-state index in [0.717, 1.165) is 0 Å². The lowest BCUT2D eigenvalue weighted by Crippen LogP contribution is -2.09. The number of alkyl halides is 3. The Morgan fingerprint density at radius 3 is 2.74 bits per heavy atom. The summed E-state index contributed by atoms with van der Waals surface area (Å²) in [5.41, 5.74) is 6.01. The standard InChI is InChI=1S/C11H10F3N5/c12-11(13,14)6-1-2-7(3-6)19-5-18-8-9(15)16-4-17-10(8)19/h3-5,7H,1-2H2,(H2,15,16,17). The van der Waals surface area contributed by atoms with Crippen molar-refractivity contribution in [2.75, 3.05) is 5.73 Å². The maximum absolute atomic E-state index is 12.6. The van der Waals surface area contributed by atoms with E-state index in [0.29, 0.717) is 17.6 Å². The van der Waals surface area contributed by atoms with Crippen molar-refractivity contribution in [2.24, 2.45) is 0 Å². The smallest absolute Gasteiger partial charge is 0.382 e. The number of imidazole rings is 1. The van der Waals surface area contributed by atoms with Gasteiger partial charge in [0.25, 0.3) is 0 Å². The van der Waals surface area contributed by atoms with E-state index in [1.807, 2.05) is 0 Å². The Morgan fingerprint density at radius 1 is 1.26 bits per heavy atom. The molecule has 0 radical (unpaired) electrons. The molecule has 1 aliphatic rings. The van der Waals surface area contributed by atoms with Crippen LogP contribution in [0.3, 0.4) is 0 Å². The lowest BCUT2D eigenvalue weighted by atomic mass is 10.2. The Hall–Kier alpha value is -2.12. The third-order valence-corrected chi connectivity index (χ3v) is 3.21. The average Bonchev–Trinajstić information content (AvgIpc) is 2.93. The minimum Gasteiger partial charge on any atom is -0.382 e. The molecule has 8 heteroatoms. The minimum absolute atomic E-state index is 0.00834. The van der Waals surface area contributed by atoms with Gasteiger partial charge in [0.15, 0.2) is 11.5 Å². The van der Waals surface area contributed by atoms with E-state index < -0.39 is 17.8 Å². The van der Waals surface area contributed by atoms with E-state index >= 15 is 0 Å². The summed E-state index contributed by atoms with van der Waals surface area (Å²) >= 11 is 0. The monoisotopic (exact) mass is 269 g/mol. The molecule has 100 valence electrons. The average molecular weight is 269 g/mol. The molecule has 3 rings (SSSR count). The van der Waals surface area contributed by atoms with Crippen molar-refractivity contribution in [1.82, 2.24) is 19.5 Å². The zero-order valence-electron chi connectivity index (χ0n) is 9.72. The van der Waals surface area contributed by atoms with Crippen LogP contribution in [0.15, 0.2) is 24.3 Å². The third-order valence-electron chi connectivity index (χ3n) is 3.21. The molecule has 1 unspecified atom stereocenters. The van der Waals surface area contributed by atoms with Gasteiger partial charge in [-0.15, -0.1) is 0 Å². The SMILES string of the molecule is Nc1ncnc2c1ncn2C1C=C(C(F)(F)F)CC1. The maximum Gasteiger partial charge on any atom is 0.412 e. The van der Waals surface area contributed by atoms with Gasteiger partial charge in [-0.1, -0.05) is 6.08 Å². The van der Waals surface area contributed by atoms with Crippen molar-refractivity contribution in [3.63, 3.8) is 0 Å². The zero-order valence-corrected chi connectivity index (χ0v) is 9.72. The van der Waals surface area contributed by atoms with Gasteiger partial charge in [0.2, 0.25) is 0 Å². The first-order valence-electron chi connectivity index (χ1n) is 5.67. The van der Waals surface area contributed by atoms with Gasteiger partial charge in [0, 0.05) is 5.57 Å². The fourth-order valence-electron chi connectivity index (χ4n) is 2.27. The van der Waals surface area contributed by atoms with Crippen molar-refractivity contribution in [2.45, 2.75) is 25.1 Å². The van der Waals surface area contributed by atoms with Crippen LogP contribution < -0.4 is 5.73 Å². The molecule has 0 saturated heterocycles. The number of nitrogens with zero attached hydrogens (tertiary/aromatic N) is 4. The Labute approximate surface area is 106 Å². The van der Waals surface area contributed by atoms with E-state index in [1.54, 1.807) is 4.57 Å². The summed E-state index contributed by atoms with van der Waals surface area (Å²) in [6.07, 6.45) is 0.0759. The first kappa shape index (κ1) is 11.9. The van der Waals surface area contributed by atoms with E-state index in [4.69, 9.17) is 5.73 Å². The number of hydrogen-bond acceptors (Lipinski definition) is 4. The predicted molar refractivity (Wildman–Crippen MR) is 62.1 cm³/mol. The number of hydrogen-bond donors (Lipinski definition) is 1. The van der Waals surface area contributed by atoms with Gasteiger partial charge < -0.3 is 10.3 Å². The minimum atomic E-state index is -4.26. The van der Waals surface area contributed by atoms with Gasteiger partial charge in [-0.25, -0.2) is 15.0 Å². The lowest BCUT2D eigenvalue weighted by Gasteiger charge is -2.09. The van der Waals surface area contributed by atoms with Gasteiger partial charge >= 0.3 is 6.18 Å². The topological polar surface area (TPSA) is 69.6 Å². The molecule has 0 saturated carbocycles. The number of fused-ring (bicyclic) bond motifs is 1. The summed E-state index contributed by atoms with van der Waals surface area (Å²) in [5, 5.41) is 0. The molecule has 2 aromatic rings. The van der Waals surface area contributed by atoms with Gasteiger partial charge in [-0.2, -0.15) is 13.2 Å². The van der Waals surface area contributed by atoms with Crippen molar-refractivity contribution >= 4 is 17.0 Å². The van der Waals surface area contributed by atoms with E-state index in [-0.39, 0.29) is 12.2 Å². The highest BCUT2D eigenvalue weighted by molar-refractivity contribution is 5.81. The maximum atomic E-state index is 12.6. The predicted octanol–water partition coefficient (Wildman–Crippen LogP) is 2.23. The fourth-order valence-corrected chi connectivity index (χ4v) is 2.27. The van der Waals surface area contributed by atoms with Crippen LogP contribution in [0.25, 0.3) is 11.2 Å². The van der Waals surface area contributed by atoms with Crippen molar-refractivity contribution < 1.29 is 13.2 Å². The number of aromatic nitrogens is 4. The zero-order chi connectivity index (χ0) is 13.6. The molecule has 2 N–H and O–H groups in total. The summed E-state index contributed by atoms with van der Waals surface area (Å²) in [6.45, 7) is 0. The van der Waals surface area contributed by atoms with Crippen LogP contribution in [0.2, 0.25) is 0 Å². The Kier molecular flexibility index (Phi) is 2.48. The first-order chi connectivity index (χ1) is 8.97. The normalized spacial score (nSPS) is 19.9. The van der Waals surface area contributed by atoms with Gasteiger partial charge in [0.05, 0.1) is 12.4 Å². The molecule has 0 spiro atoms. The summed E-state index contributed by atoms with van der Waals surface area (Å²) in [5.74, 6) is 0.224. The largest absolute Gasteiger partial charge is 0.412 e. The highest BCUT2D eigenvalue weighted by Gasteiger charge is 2.37. The van der Waals surface area contributed by atoms with Crippen molar-refractivity contribution in [3.05, 3.63) is 24.3 Å². The second kappa shape index (κ2) is 3.94. The first-order valence-corrected chi connectivity index (χ1v) is 5.67. The molecular formula is C11H10F3N5. The third kappa shape index (κ3) is 1.92. The van der Waals surface area contributed by atoms with Crippen LogP contribution in [0.5, 0.6) is 0 Å². The summed E-state index contributed by atoms with van der Waals surface area (Å²) in [7, 11) is 0. The molecule has 0 bridgehead atoms. The Morgan fingerprint density at radius 2 is 2.05 bits per heavy atom. The van der Waals surface area contributed by atoms with Crippen LogP contribution in [0.4, 0.5) is 19.0 Å². The van der Waals surface area contributed by atoms with E-state index in [1.165, 1.54) is 18.7 Å². The molecule has 0 aliphatic heterocycles. The number of rotatable bonds is 1. The van der Waals surface area contributed by atoms with Crippen LogP contribution >= 0.6 is 0 Å². The quantitative estimate of drug-likeness (QED) is 0.806.